The molecule has 42 heavy (non-hydrogen) atoms. The fourth-order valence-corrected chi connectivity index (χ4v) is 5.49. The minimum atomic E-state index is -0.722. The van der Waals surface area contributed by atoms with E-state index in [4.69, 9.17) is 28.4 Å². The van der Waals surface area contributed by atoms with Gasteiger partial charge in [0.15, 0.2) is 28.8 Å². The molecule has 1 heterocycles. The van der Waals surface area contributed by atoms with Gasteiger partial charge in [0.1, 0.15) is 6.61 Å². The molecule has 0 bridgehead atoms. The second kappa shape index (κ2) is 13.6. The number of allylic oxidation sites excluding steroid dienone is 3. The molecule has 2 aromatic carbocycles. The van der Waals surface area contributed by atoms with Crippen LogP contribution in [0.3, 0.4) is 0 Å². The van der Waals surface area contributed by atoms with Crippen LogP contribution in [0.1, 0.15) is 56.6 Å². The van der Waals surface area contributed by atoms with Gasteiger partial charge < -0.3 is 33.7 Å². The maximum Gasteiger partial charge on any atom is 0.336 e. The first kappa shape index (κ1) is 30.6. The summed E-state index contributed by atoms with van der Waals surface area (Å²) < 4.78 is 32.6. The molecule has 2 atom stereocenters. The normalized spacial score (nSPS) is 18.2. The molecule has 224 valence electrons. The molecule has 2 aromatic rings. The van der Waals surface area contributed by atoms with E-state index in [0.29, 0.717) is 52.7 Å². The quantitative estimate of drug-likeness (QED) is 0.230. The van der Waals surface area contributed by atoms with Crippen LogP contribution in [-0.2, 0) is 23.9 Å². The Hall–Kier alpha value is -4.31. The third kappa shape index (κ3) is 6.44. The first-order chi connectivity index (χ1) is 20.2. The summed E-state index contributed by atoms with van der Waals surface area (Å²) in [5, 5.41) is 3.35. The predicted octanol–water partition coefficient (Wildman–Crippen LogP) is 4.58. The number of hydrogen-bond donors (Lipinski definition) is 1. The van der Waals surface area contributed by atoms with Gasteiger partial charge in [-0.3, -0.25) is 9.59 Å². The van der Waals surface area contributed by atoms with Gasteiger partial charge in [-0.25, -0.2) is 4.79 Å². The Morgan fingerprint density at radius 3 is 2.26 bits per heavy atom. The van der Waals surface area contributed by atoms with Crippen LogP contribution in [0.25, 0.3) is 0 Å². The molecular formula is C32H37NO9. The lowest BCUT2D eigenvalue weighted by Crippen LogP contribution is -2.36. The number of esters is 2. The zero-order chi connectivity index (χ0) is 30.4. The molecule has 0 amide bonds. The molecule has 0 saturated carbocycles. The molecule has 0 fully saturated rings. The van der Waals surface area contributed by atoms with E-state index in [1.54, 1.807) is 39.3 Å². The molecule has 4 rings (SSSR count). The van der Waals surface area contributed by atoms with E-state index in [9.17, 15) is 14.4 Å². The van der Waals surface area contributed by atoms with Crippen molar-refractivity contribution < 1.29 is 42.8 Å². The Kier molecular flexibility index (Phi) is 9.90. The Morgan fingerprint density at radius 2 is 1.60 bits per heavy atom. The van der Waals surface area contributed by atoms with Crippen molar-refractivity contribution in [2.75, 3.05) is 41.2 Å². The minimum Gasteiger partial charge on any atom is -0.493 e. The molecular weight excluding hydrogens is 542 g/mol. The minimum absolute atomic E-state index is 0.0651. The second-order valence-corrected chi connectivity index (χ2v) is 9.99. The van der Waals surface area contributed by atoms with E-state index in [1.165, 1.54) is 14.0 Å². The van der Waals surface area contributed by atoms with E-state index in [-0.39, 0.29) is 37.1 Å². The maximum atomic E-state index is 14.0. The highest BCUT2D eigenvalue weighted by Gasteiger charge is 2.42. The van der Waals surface area contributed by atoms with Gasteiger partial charge in [-0.1, -0.05) is 12.1 Å². The molecule has 0 unspecified atom stereocenters. The van der Waals surface area contributed by atoms with Gasteiger partial charge in [0.2, 0.25) is 0 Å². The number of dihydropyridines is 1. The van der Waals surface area contributed by atoms with Crippen molar-refractivity contribution in [1.29, 1.82) is 0 Å². The van der Waals surface area contributed by atoms with E-state index < -0.39 is 17.9 Å². The van der Waals surface area contributed by atoms with Crippen LogP contribution in [0.5, 0.6) is 23.0 Å². The van der Waals surface area contributed by atoms with E-state index in [1.807, 2.05) is 25.1 Å². The molecule has 10 heteroatoms. The van der Waals surface area contributed by atoms with Gasteiger partial charge in [-0.2, -0.15) is 0 Å². The van der Waals surface area contributed by atoms with E-state index in [2.05, 4.69) is 5.32 Å². The summed E-state index contributed by atoms with van der Waals surface area (Å²) in [7, 11) is 4.68. The number of ether oxygens (including phenoxy) is 6. The second-order valence-electron chi connectivity index (χ2n) is 9.99. The van der Waals surface area contributed by atoms with Crippen LogP contribution < -0.4 is 24.3 Å². The fourth-order valence-electron chi connectivity index (χ4n) is 5.49. The first-order valence-electron chi connectivity index (χ1n) is 13.8. The van der Waals surface area contributed by atoms with Gasteiger partial charge in [0.05, 0.1) is 33.0 Å². The third-order valence-corrected chi connectivity index (χ3v) is 7.30. The molecule has 1 aliphatic carbocycles. The number of ketones is 1. The highest BCUT2D eigenvalue weighted by atomic mass is 16.6. The lowest BCUT2D eigenvalue weighted by atomic mass is 9.71. The molecule has 2 aliphatic rings. The average molecular weight is 580 g/mol. The zero-order valence-electron chi connectivity index (χ0n) is 24.8. The van der Waals surface area contributed by atoms with Crippen molar-refractivity contribution >= 4 is 17.7 Å². The van der Waals surface area contributed by atoms with E-state index in [0.717, 1.165) is 11.3 Å². The summed E-state index contributed by atoms with van der Waals surface area (Å²) >= 11 is 0. The molecule has 0 radical (unpaired) electrons. The number of carbonyl (C=O) groups is 3. The van der Waals surface area contributed by atoms with Crippen LogP contribution in [0.15, 0.2) is 58.9 Å². The standard InChI is InChI=1S/C32H37NO9/c1-7-40-28-17-21(9-11-26(28)42-19(3)34)30-29(32(36)41-13-12-37-4)18(2)33-23-14-22(15-24(35)31(23)30)20-8-10-25(38-5)27(16-20)39-6/h8-11,16-17,22,30,33H,7,12-15H2,1-6H3/t22-,30+/m1/s1. The Bertz CT molecular complexity index is 1430. The first-order valence-corrected chi connectivity index (χ1v) is 13.8. The lowest BCUT2D eigenvalue weighted by molar-refractivity contribution is -0.140. The smallest absolute Gasteiger partial charge is 0.336 e. The number of methoxy groups -OCH3 is 3. The highest BCUT2D eigenvalue weighted by Crippen LogP contribution is 2.47. The largest absolute Gasteiger partial charge is 0.493 e. The van der Waals surface area contributed by atoms with Crippen molar-refractivity contribution in [2.24, 2.45) is 0 Å². The van der Waals surface area contributed by atoms with E-state index >= 15 is 0 Å². The van der Waals surface area contributed by atoms with Crippen LogP contribution in [0.2, 0.25) is 0 Å². The monoisotopic (exact) mass is 579 g/mol. The summed E-state index contributed by atoms with van der Waals surface area (Å²) in [6.45, 7) is 5.55. The SMILES string of the molecule is CCOc1cc([C@H]2C(C(=O)OCCOC)=C(C)NC3=C2C(=O)C[C@H](c2ccc(OC)c(OC)c2)C3)ccc1OC(C)=O. The number of Topliss-reactive ketones (excluding diaryl/α,β-unsaturated/α-hetero) is 1. The Morgan fingerprint density at radius 1 is 0.905 bits per heavy atom. The number of benzene rings is 2. The zero-order valence-corrected chi connectivity index (χ0v) is 24.8. The predicted molar refractivity (Wildman–Crippen MR) is 154 cm³/mol. The van der Waals surface area contributed by atoms with Crippen molar-refractivity contribution in [2.45, 2.75) is 45.4 Å². The van der Waals surface area contributed by atoms with Crippen molar-refractivity contribution in [3.63, 3.8) is 0 Å². The molecule has 0 saturated heterocycles. The van der Waals surface area contributed by atoms with Gasteiger partial charge in [0, 0.05) is 43.3 Å². The molecule has 1 N–H and O–H groups in total. The van der Waals surface area contributed by atoms with Crippen LogP contribution in [0.4, 0.5) is 0 Å². The number of carbonyl (C=O) groups excluding carboxylic acids is 3. The Labute approximate surface area is 245 Å². The van der Waals surface area contributed by atoms with Crippen molar-refractivity contribution in [3.8, 4) is 23.0 Å². The van der Waals surface area contributed by atoms with Crippen molar-refractivity contribution in [1.82, 2.24) is 5.32 Å². The summed E-state index contributed by atoms with van der Waals surface area (Å²) in [5.41, 5.74) is 3.73. The maximum absolute atomic E-state index is 14.0. The molecule has 0 spiro atoms. The average Bonchev–Trinajstić information content (AvgIpc) is 2.96. The van der Waals surface area contributed by atoms with Crippen LogP contribution in [-0.4, -0.2) is 58.9 Å². The van der Waals surface area contributed by atoms with Gasteiger partial charge >= 0.3 is 11.9 Å². The highest BCUT2D eigenvalue weighted by molar-refractivity contribution is 6.04. The van der Waals surface area contributed by atoms with Gasteiger partial charge in [0.25, 0.3) is 0 Å². The summed E-state index contributed by atoms with van der Waals surface area (Å²) in [6.07, 6.45) is 0.779. The number of nitrogens with one attached hydrogen (secondary N) is 1. The summed E-state index contributed by atoms with van der Waals surface area (Å²) in [6, 6.07) is 10.7. The van der Waals surface area contributed by atoms with Crippen molar-refractivity contribution in [3.05, 3.63) is 70.1 Å². The van der Waals surface area contributed by atoms with Gasteiger partial charge in [-0.05, 0) is 61.6 Å². The third-order valence-electron chi connectivity index (χ3n) is 7.30. The summed E-state index contributed by atoms with van der Waals surface area (Å²) in [4.78, 5) is 39.1. The van der Waals surface area contributed by atoms with Crippen LogP contribution >= 0.6 is 0 Å². The molecule has 1 aliphatic heterocycles. The fraction of sp³-hybridized carbons (Fsp3) is 0.406. The topological polar surface area (TPSA) is 119 Å². The molecule has 0 aromatic heterocycles. The van der Waals surface area contributed by atoms with Crippen LogP contribution in [0, 0.1) is 0 Å². The molecule has 10 nitrogen and oxygen atoms in total. The number of rotatable bonds is 11. The summed E-state index contributed by atoms with van der Waals surface area (Å²) in [5.74, 6) is -0.180. The lowest BCUT2D eigenvalue weighted by Gasteiger charge is -2.37. The Balaban J connectivity index is 1.80. The number of hydrogen-bond acceptors (Lipinski definition) is 10. The van der Waals surface area contributed by atoms with Gasteiger partial charge in [-0.15, -0.1) is 0 Å².